The number of ether oxygens (including phenoxy) is 2. The number of carbonyl (C=O) groups is 1. The number of unbranched alkanes of at least 4 members (excludes halogenated alkanes) is 1. The van der Waals surface area contributed by atoms with Crippen LogP contribution in [0.2, 0.25) is 0 Å². The van der Waals surface area contributed by atoms with Crippen molar-refractivity contribution in [1.29, 1.82) is 0 Å². The van der Waals surface area contributed by atoms with E-state index in [1.807, 2.05) is 6.92 Å². The highest BCUT2D eigenvalue weighted by Gasteiger charge is 2.15. The van der Waals surface area contributed by atoms with Crippen molar-refractivity contribution in [3.63, 3.8) is 0 Å². The molecule has 2 aromatic carbocycles. The minimum absolute atomic E-state index is 0.0752. The Morgan fingerprint density at radius 3 is 2.66 bits per heavy atom. The number of hydrogen-bond acceptors (Lipinski definition) is 7. The highest BCUT2D eigenvalue weighted by molar-refractivity contribution is 5.96. The summed E-state index contributed by atoms with van der Waals surface area (Å²) in [5, 5.41) is 10.8. The number of para-hydroxylation sites is 1. The molecule has 29 heavy (non-hydrogen) atoms. The Kier molecular flexibility index (Phi) is 6.29. The summed E-state index contributed by atoms with van der Waals surface area (Å²) < 4.78 is 15.6. The van der Waals surface area contributed by atoms with Crippen molar-refractivity contribution >= 4 is 28.8 Å². The molecule has 3 rings (SSSR count). The Hall–Kier alpha value is -3.61. The number of esters is 1. The van der Waals surface area contributed by atoms with Gasteiger partial charge in [-0.15, -0.1) is 0 Å². The van der Waals surface area contributed by atoms with E-state index in [0.29, 0.717) is 29.0 Å². The van der Waals surface area contributed by atoms with E-state index in [0.717, 1.165) is 12.8 Å². The van der Waals surface area contributed by atoms with Gasteiger partial charge in [0, 0.05) is 6.21 Å². The Bertz CT molecular complexity index is 1100. The lowest BCUT2D eigenvalue weighted by Crippen LogP contribution is -2.07. The van der Waals surface area contributed by atoms with E-state index in [1.54, 1.807) is 42.5 Å². The zero-order chi connectivity index (χ0) is 20.8. The molecule has 0 aliphatic heterocycles. The maximum absolute atomic E-state index is 12.3. The molecular weight excluding hydrogens is 374 g/mol. The van der Waals surface area contributed by atoms with Gasteiger partial charge in [0.2, 0.25) is 0 Å². The van der Waals surface area contributed by atoms with Crippen LogP contribution in [0.25, 0.3) is 11.0 Å². The Labute approximate surface area is 167 Å². The van der Waals surface area contributed by atoms with Crippen LogP contribution in [0.4, 0.5) is 5.69 Å². The molecule has 0 amide bonds. The molecule has 7 nitrogen and oxygen atoms in total. The summed E-state index contributed by atoms with van der Waals surface area (Å²) in [6, 6.07) is 11.4. The average Bonchev–Trinajstić information content (AvgIpc) is 2.73. The minimum atomic E-state index is -0.737. The van der Waals surface area contributed by atoms with Gasteiger partial charge in [-0.2, -0.15) is 0 Å². The van der Waals surface area contributed by atoms with E-state index < -0.39 is 11.6 Å². The van der Waals surface area contributed by atoms with Crippen LogP contribution in [0.15, 0.2) is 56.7 Å². The average molecular weight is 395 g/mol. The van der Waals surface area contributed by atoms with Gasteiger partial charge in [0.05, 0.1) is 30.4 Å². The van der Waals surface area contributed by atoms with Gasteiger partial charge in [-0.05, 0) is 42.8 Å². The number of methoxy groups -OCH3 is 1. The Balaban J connectivity index is 1.84. The molecule has 1 N–H and O–H groups in total. The third-order valence-electron chi connectivity index (χ3n) is 4.30. The molecule has 0 saturated carbocycles. The molecule has 1 aromatic heterocycles. The highest BCUT2D eigenvalue weighted by atomic mass is 16.5. The molecule has 0 saturated heterocycles. The van der Waals surface area contributed by atoms with E-state index in [2.05, 4.69) is 4.99 Å². The van der Waals surface area contributed by atoms with E-state index in [1.165, 1.54) is 13.3 Å². The van der Waals surface area contributed by atoms with Crippen LogP contribution >= 0.6 is 0 Å². The molecule has 150 valence electrons. The van der Waals surface area contributed by atoms with Crippen LogP contribution in [0, 0.1) is 0 Å². The van der Waals surface area contributed by atoms with Crippen LogP contribution in [-0.4, -0.2) is 31.0 Å². The molecule has 0 spiro atoms. The van der Waals surface area contributed by atoms with Crippen LogP contribution in [-0.2, 0) is 4.74 Å². The molecule has 0 bridgehead atoms. The van der Waals surface area contributed by atoms with E-state index in [-0.39, 0.29) is 16.9 Å². The first-order valence-electron chi connectivity index (χ1n) is 9.19. The summed E-state index contributed by atoms with van der Waals surface area (Å²) in [6.07, 6.45) is 3.00. The SMILES string of the molecule is CCCCOC(=O)c1ccc(N=Cc2c(O)c3cccc(OC)c3oc2=O)cc1. The molecule has 0 atom stereocenters. The topological polar surface area (TPSA) is 98.3 Å². The van der Waals surface area contributed by atoms with Gasteiger partial charge in [0.15, 0.2) is 11.3 Å². The molecule has 0 aliphatic carbocycles. The van der Waals surface area contributed by atoms with Crippen LogP contribution in [0.3, 0.4) is 0 Å². The fourth-order valence-electron chi connectivity index (χ4n) is 2.69. The van der Waals surface area contributed by atoms with E-state index in [4.69, 9.17) is 13.9 Å². The quantitative estimate of drug-likeness (QED) is 0.278. The van der Waals surface area contributed by atoms with Crippen LogP contribution in [0.5, 0.6) is 11.5 Å². The first kappa shape index (κ1) is 20.1. The van der Waals surface area contributed by atoms with Crippen molar-refractivity contribution in [3.8, 4) is 11.5 Å². The Morgan fingerprint density at radius 1 is 1.21 bits per heavy atom. The van der Waals surface area contributed by atoms with Crippen molar-refractivity contribution in [1.82, 2.24) is 0 Å². The standard InChI is InChI=1S/C22H21NO6/c1-3-4-12-28-21(25)14-8-10-15(11-9-14)23-13-17-19(24)16-6-5-7-18(27-2)20(16)29-22(17)26/h5-11,13,24H,3-4,12H2,1-2H3. The molecule has 0 aliphatic rings. The Morgan fingerprint density at radius 2 is 1.97 bits per heavy atom. The van der Waals surface area contributed by atoms with Gasteiger partial charge in [-0.1, -0.05) is 19.4 Å². The van der Waals surface area contributed by atoms with Gasteiger partial charge in [0.25, 0.3) is 0 Å². The van der Waals surface area contributed by atoms with Gasteiger partial charge >= 0.3 is 11.6 Å². The number of aromatic hydroxyl groups is 1. The molecule has 0 unspecified atom stereocenters. The maximum atomic E-state index is 12.3. The maximum Gasteiger partial charge on any atom is 0.349 e. The molecule has 7 heteroatoms. The molecule has 3 aromatic rings. The zero-order valence-electron chi connectivity index (χ0n) is 16.2. The van der Waals surface area contributed by atoms with Crippen molar-refractivity contribution in [3.05, 3.63) is 64.0 Å². The van der Waals surface area contributed by atoms with Gasteiger partial charge in [-0.3, -0.25) is 4.99 Å². The third-order valence-corrected chi connectivity index (χ3v) is 4.30. The minimum Gasteiger partial charge on any atom is -0.506 e. The number of nitrogens with zero attached hydrogens (tertiary/aromatic N) is 1. The zero-order valence-corrected chi connectivity index (χ0v) is 16.2. The van der Waals surface area contributed by atoms with Crippen molar-refractivity contribution in [2.75, 3.05) is 13.7 Å². The first-order valence-corrected chi connectivity index (χ1v) is 9.19. The first-order chi connectivity index (χ1) is 14.0. The predicted octanol–water partition coefficient (Wildman–Crippen LogP) is 4.21. The molecule has 1 heterocycles. The van der Waals surface area contributed by atoms with Crippen molar-refractivity contribution in [2.45, 2.75) is 19.8 Å². The summed E-state index contributed by atoms with van der Waals surface area (Å²) in [7, 11) is 1.45. The number of benzene rings is 2. The molecule has 0 fully saturated rings. The summed E-state index contributed by atoms with van der Waals surface area (Å²) in [5.74, 6) is -0.287. The number of rotatable bonds is 7. The lowest BCUT2D eigenvalue weighted by molar-refractivity contribution is 0.0500. The monoisotopic (exact) mass is 395 g/mol. The predicted molar refractivity (Wildman–Crippen MR) is 110 cm³/mol. The number of carbonyl (C=O) groups excluding carboxylic acids is 1. The summed E-state index contributed by atoms with van der Waals surface area (Å²) in [6.45, 7) is 2.40. The second kappa shape index (κ2) is 9.05. The number of fused-ring (bicyclic) bond motifs is 1. The van der Waals surface area contributed by atoms with Crippen LogP contribution < -0.4 is 10.4 Å². The summed E-state index contributed by atoms with van der Waals surface area (Å²) >= 11 is 0. The van der Waals surface area contributed by atoms with E-state index in [9.17, 15) is 14.7 Å². The largest absolute Gasteiger partial charge is 0.506 e. The molecule has 0 radical (unpaired) electrons. The number of hydrogen-bond donors (Lipinski definition) is 1. The second-order valence-electron chi connectivity index (χ2n) is 6.28. The van der Waals surface area contributed by atoms with Gasteiger partial charge in [-0.25, -0.2) is 9.59 Å². The van der Waals surface area contributed by atoms with Crippen molar-refractivity contribution < 1.29 is 23.8 Å². The smallest absolute Gasteiger partial charge is 0.349 e. The number of aliphatic imine (C=N–C) groups is 1. The van der Waals surface area contributed by atoms with Gasteiger partial charge < -0.3 is 19.0 Å². The highest BCUT2D eigenvalue weighted by Crippen LogP contribution is 2.31. The fourth-order valence-corrected chi connectivity index (χ4v) is 2.69. The third kappa shape index (κ3) is 4.45. The van der Waals surface area contributed by atoms with E-state index >= 15 is 0 Å². The summed E-state index contributed by atoms with van der Waals surface area (Å²) in [5.41, 5.74) is 0.272. The normalized spacial score (nSPS) is 11.1. The molecular formula is C22H21NO6. The lowest BCUT2D eigenvalue weighted by Gasteiger charge is -2.06. The lowest BCUT2D eigenvalue weighted by atomic mass is 10.1. The van der Waals surface area contributed by atoms with Crippen LogP contribution in [0.1, 0.15) is 35.7 Å². The second-order valence-corrected chi connectivity index (χ2v) is 6.28. The van der Waals surface area contributed by atoms with Crippen molar-refractivity contribution in [2.24, 2.45) is 4.99 Å². The van der Waals surface area contributed by atoms with Gasteiger partial charge in [0.1, 0.15) is 11.3 Å². The fraction of sp³-hybridized carbons (Fsp3) is 0.227. The summed E-state index contributed by atoms with van der Waals surface area (Å²) in [4.78, 5) is 28.4.